The summed E-state index contributed by atoms with van der Waals surface area (Å²) in [7, 11) is -2.38. The van der Waals surface area contributed by atoms with E-state index in [9.17, 15) is 27.6 Å². The summed E-state index contributed by atoms with van der Waals surface area (Å²) in [5, 5.41) is 9.36. The number of carbonyl (C=O) groups excluding carboxylic acids is 4. The molecule has 3 aliphatic rings. The maximum Gasteiger partial charge on any atom is 0.408 e. The highest BCUT2D eigenvalue weighted by molar-refractivity contribution is 7.91. The minimum absolute atomic E-state index is 0.0117. The summed E-state index contributed by atoms with van der Waals surface area (Å²) in [5.41, 5.74) is -2.81. The number of alkyl carbamates (subject to hydrolysis) is 1. The predicted octanol–water partition coefficient (Wildman–Crippen LogP) is 2.79. The van der Waals surface area contributed by atoms with Crippen molar-refractivity contribution >= 4 is 44.8 Å². The van der Waals surface area contributed by atoms with Crippen molar-refractivity contribution in [3.63, 3.8) is 0 Å². The number of benzene rings is 1. The fourth-order valence-electron chi connectivity index (χ4n) is 5.90. The smallest absolute Gasteiger partial charge is 0.408 e. The van der Waals surface area contributed by atoms with Crippen LogP contribution in [-0.2, 0) is 29.1 Å². The molecular weight excluding hydrogens is 658 g/mol. The molecule has 0 spiro atoms. The summed E-state index contributed by atoms with van der Waals surface area (Å²) in [5.74, 6) is -1.96. The first kappa shape index (κ1) is 36.0. The second-order valence-corrected chi connectivity index (χ2v) is 16.9. The molecular formula is C33H45N5O10S. The van der Waals surface area contributed by atoms with Crippen LogP contribution in [0.1, 0.15) is 67.2 Å². The lowest BCUT2D eigenvalue weighted by Gasteiger charge is -2.36. The average molecular weight is 704 g/mol. The van der Waals surface area contributed by atoms with E-state index in [4.69, 9.17) is 18.7 Å². The standard InChI is InChI=1S/C33H45N5O10S/c1-9-18-16-33(18,29(41)37-49(43,44)21-11-12-21)35-26(39)23-14-20(46-27-22-13-10-19(45-8)15-24(22)48-36-27)17-38(23)28(40)25(31(2,3)4)34-30(42)47-32(5,6)7/h9-10,13,15,18,20-21,23,25H,1,11-12,14,16-17H2,2-8H3,(H,34,42)(H,35,39)(H,37,41)/t18-,20+,23-,25+,33+/m0/s1. The van der Waals surface area contributed by atoms with Crippen LogP contribution in [0.5, 0.6) is 11.6 Å². The number of nitrogens with one attached hydrogen (secondary N) is 3. The molecule has 0 bridgehead atoms. The Labute approximate surface area is 285 Å². The number of rotatable bonds is 11. The minimum atomic E-state index is -3.90. The van der Waals surface area contributed by atoms with Gasteiger partial charge in [-0.3, -0.25) is 19.1 Å². The van der Waals surface area contributed by atoms with E-state index < -0.39 is 79.7 Å². The lowest BCUT2D eigenvalue weighted by Crippen LogP contribution is -2.60. The Kier molecular flexibility index (Phi) is 9.42. The number of hydrogen-bond acceptors (Lipinski definition) is 11. The average Bonchev–Trinajstić information content (AvgIpc) is 3.90. The van der Waals surface area contributed by atoms with Crippen molar-refractivity contribution in [2.45, 2.75) is 102 Å². The van der Waals surface area contributed by atoms with Gasteiger partial charge < -0.3 is 34.3 Å². The Hall–Kier alpha value is -4.34. The number of aromatic nitrogens is 1. The van der Waals surface area contributed by atoms with Gasteiger partial charge in [-0.25, -0.2) is 13.2 Å². The van der Waals surface area contributed by atoms with Gasteiger partial charge in [-0.2, -0.15) is 0 Å². The lowest BCUT2D eigenvalue weighted by molar-refractivity contribution is -0.143. The van der Waals surface area contributed by atoms with Crippen LogP contribution >= 0.6 is 0 Å². The van der Waals surface area contributed by atoms with Crippen LogP contribution in [0.2, 0.25) is 0 Å². The number of carbonyl (C=O) groups is 4. The summed E-state index contributed by atoms with van der Waals surface area (Å²) in [6.07, 6.45) is 0.945. The number of nitrogens with zero attached hydrogens (tertiary/aromatic N) is 2. The summed E-state index contributed by atoms with van der Waals surface area (Å²) in [6.45, 7) is 14.1. The summed E-state index contributed by atoms with van der Waals surface area (Å²) in [6, 6.07) is 2.77. The van der Waals surface area contributed by atoms with E-state index in [1.165, 1.54) is 18.1 Å². The fourth-order valence-corrected chi connectivity index (χ4v) is 7.26. The number of methoxy groups -OCH3 is 1. The van der Waals surface area contributed by atoms with Crippen molar-refractivity contribution < 1.29 is 46.3 Å². The Morgan fingerprint density at radius 2 is 1.84 bits per heavy atom. The molecule has 2 heterocycles. The van der Waals surface area contributed by atoms with Gasteiger partial charge in [0.05, 0.1) is 24.3 Å². The Bertz CT molecular complexity index is 1760. The third-order valence-electron chi connectivity index (χ3n) is 8.80. The van der Waals surface area contributed by atoms with Crippen LogP contribution in [0.4, 0.5) is 4.79 Å². The van der Waals surface area contributed by atoms with E-state index in [1.54, 1.807) is 59.7 Å². The van der Waals surface area contributed by atoms with Crippen molar-refractivity contribution in [2.24, 2.45) is 11.3 Å². The lowest BCUT2D eigenvalue weighted by atomic mass is 9.85. The molecule has 16 heteroatoms. The topological polar surface area (TPSA) is 195 Å². The number of amides is 4. The summed E-state index contributed by atoms with van der Waals surface area (Å²) >= 11 is 0. The third-order valence-corrected chi connectivity index (χ3v) is 10.6. The molecule has 15 nitrogen and oxygen atoms in total. The van der Waals surface area contributed by atoms with Gasteiger partial charge in [0.25, 0.3) is 11.8 Å². The van der Waals surface area contributed by atoms with Gasteiger partial charge in [0, 0.05) is 18.4 Å². The number of sulfonamides is 1. The van der Waals surface area contributed by atoms with Gasteiger partial charge in [-0.05, 0) is 62.7 Å². The van der Waals surface area contributed by atoms with E-state index in [0.29, 0.717) is 29.6 Å². The van der Waals surface area contributed by atoms with Crippen LogP contribution in [0, 0.1) is 11.3 Å². The van der Waals surface area contributed by atoms with Crippen molar-refractivity contribution in [1.82, 2.24) is 25.4 Å². The van der Waals surface area contributed by atoms with Gasteiger partial charge in [0.2, 0.25) is 21.8 Å². The molecule has 2 saturated carbocycles. The Morgan fingerprint density at radius 3 is 2.41 bits per heavy atom. The molecule has 5 rings (SSSR count). The first-order valence-electron chi connectivity index (χ1n) is 16.2. The Morgan fingerprint density at radius 1 is 1.14 bits per heavy atom. The highest BCUT2D eigenvalue weighted by Gasteiger charge is 2.62. The SMILES string of the molecule is C=C[C@H]1C[C@]1(NC(=O)[C@@H]1C[C@@H](Oc2noc3cc(OC)ccc23)CN1C(=O)[C@@H](NC(=O)OC(C)(C)C)C(C)(C)C)C(=O)NS(=O)(=O)C1CC1. The second-order valence-electron chi connectivity index (χ2n) is 15.0. The van der Waals surface area contributed by atoms with Crippen molar-refractivity contribution in [3.8, 4) is 11.6 Å². The zero-order valence-corrected chi connectivity index (χ0v) is 29.6. The quantitative estimate of drug-likeness (QED) is 0.291. The van der Waals surface area contributed by atoms with Gasteiger partial charge in [0.15, 0.2) is 5.58 Å². The monoisotopic (exact) mass is 703 g/mol. The zero-order valence-electron chi connectivity index (χ0n) is 28.8. The molecule has 1 saturated heterocycles. The van der Waals surface area contributed by atoms with Crippen LogP contribution in [0.25, 0.3) is 11.0 Å². The summed E-state index contributed by atoms with van der Waals surface area (Å²) < 4.78 is 49.7. The van der Waals surface area contributed by atoms with Gasteiger partial charge in [0.1, 0.15) is 35.1 Å². The molecule has 1 aliphatic heterocycles. The van der Waals surface area contributed by atoms with Gasteiger partial charge >= 0.3 is 6.09 Å². The van der Waals surface area contributed by atoms with Crippen molar-refractivity contribution in [3.05, 3.63) is 30.9 Å². The number of ether oxygens (including phenoxy) is 3. The molecule has 3 N–H and O–H groups in total. The third kappa shape index (κ3) is 7.78. The van der Waals surface area contributed by atoms with E-state index in [1.807, 2.05) is 0 Å². The van der Waals surface area contributed by atoms with Crippen LogP contribution < -0.4 is 24.8 Å². The molecule has 1 aromatic carbocycles. The van der Waals surface area contributed by atoms with E-state index >= 15 is 0 Å². The molecule has 268 valence electrons. The molecule has 0 radical (unpaired) electrons. The van der Waals surface area contributed by atoms with Crippen molar-refractivity contribution in [1.29, 1.82) is 0 Å². The second kappa shape index (κ2) is 12.8. The molecule has 49 heavy (non-hydrogen) atoms. The first-order valence-corrected chi connectivity index (χ1v) is 17.7. The molecule has 1 aromatic heterocycles. The highest BCUT2D eigenvalue weighted by atomic mass is 32.2. The zero-order chi connectivity index (χ0) is 36.1. The predicted molar refractivity (Wildman–Crippen MR) is 177 cm³/mol. The molecule has 2 aliphatic carbocycles. The Balaban J connectivity index is 1.43. The fraction of sp³-hybridized carbons (Fsp3) is 0.606. The first-order chi connectivity index (χ1) is 22.8. The molecule has 4 amide bonds. The van der Waals surface area contributed by atoms with Crippen molar-refractivity contribution in [2.75, 3.05) is 13.7 Å². The highest BCUT2D eigenvalue weighted by Crippen LogP contribution is 2.45. The van der Waals surface area contributed by atoms with E-state index in [-0.39, 0.29) is 25.3 Å². The largest absolute Gasteiger partial charge is 0.497 e. The van der Waals surface area contributed by atoms with Crippen LogP contribution in [-0.4, -0.2) is 90.5 Å². The molecule has 2 aromatic rings. The molecule has 0 unspecified atom stereocenters. The molecule has 5 atom stereocenters. The van der Waals surface area contributed by atoms with Gasteiger partial charge in [-0.15, -0.1) is 6.58 Å². The van der Waals surface area contributed by atoms with E-state index in [2.05, 4.69) is 27.1 Å². The number of fused-ring (bicyclic) bond motifs is 1. The maximum absolute atomic E-state index is 14.3. The van der Waals surface area contributed by atoms with Gasteiger partial charge in [-0.1, -0.05) is 26.8 Å². The summed E-state index contributed by atoms with van der Waals surface area (Å²) in [4.78, 5) is 56.0. The van der Waals surface area contributed by atoms with Crippen LogP contribution in [0.3, 0.4) is 0 Å². The van der Waals surface area contributed by atoms with Crippen LogP contribution in [0.15, 0.2) is 35.4 Å². The number of likely N-dealkylation sites (tertiary alicyclic amines) is 1. The maximum atomic E-state index is 14.3. The normalized spacial score (nSPS) is 24.5. The molecule has 3 fully saturated rings. The van der Waals surface area contributed by atoms with E-state index in [0.717, 1.165) is 0 Å². The minimum Gasteiger partial charge on any atom is -0.497 e. The number of hydrogen-bond donors (Lipinski definition) is 3.